The Morgan fingerprint density at radius 1 is 1.35 bits per heavy atom. The highest BCUT2D eigenvalue weighted by Crippen LogP contribution is 2.33. The zero-order chi connectivity index (χ0) is 14.4. The van der Waals surface area contributed by atoms with Crippen LogP contribution >= 0.6 is 0 Å². The average molecular weight is 281 g/mol. The molecule has 1 aliphatic rings. The van der Waals surface area contributed by atoms with Crippen LogP contribution < -0.4 is 5.73 Å². The van der Waals surface area contributed by atoms with E-state index in [9.17, 15) is 0 Å². The molecule has 2 rings (SSSR count). The third-order valence-corrected chi connectivity index (χ3v) is 4.20. The highest BCUT2D eigenvalue weighted by molar-refractivity contribution is 5.01. The summed E-state index contributed by atoms with van der Waals surface area (Å²) in [4.78, 5) is 4.52. The second kappa shape index (κ2) is 7.18. The summed E-state index contributed by atoms with van der Waals surface area (Å²) in [6, 6.07) is 0. The van der Waals surface area contributed by atoms with Crippen molar-refractivity contribution in [3.63, 3.8) is 0 Å². The molecule has 2 heterocycles. The van der Waals surface area contributed by atoms with Gasteiger partial charge in [-0.2, -0.15) is 4.98 Å². The molecule has 1 aromatic heterocycles. The summed E-state index contributed by atoms with van der Waals surface area (Å²) in [6.07, 6.45) is 7.45. The number of rotatable bonds is 8. The summed E-state index contributed by atoms with van der Waals surface area (Å²) in [7, 11) is 0. The molecule has 0 saturated carbocycles. The molecule has 0 bridgehead atoms. The summed E-state index contributed by atoms with van der Waals surface area (Å²) in [6.45, 7) is 5.80. The minimum Gasteiger partial charge on any atom is -0.367 e. The fraction of sp³-hybridized carbons (Fsp3) is 0.867. The molecule has 0 radical (unpaired) electrons. The topological polar surface area (TPSA) is 74.2 Å². The summed E-state index contributed by atoms with van der Waals surface area (Å²) in [5.41, 5.74) is 5.32. The molecule has 114 valence electrons. The van der Waals surface area contributed by atoms with Gasteiger partial charge in [-0.05, 0) is 45.1 Å². The van der Waals surface area contributed by atoms with Gasteiger partial charge in [0.1, 0.15) is 5.60 Å². The minimum absolute atomic E-state index is 0.345. The van der Waals surface area contributed by atoms with E-state index in [2.05, 4.69) is 17.1 Å². The van der Waals surface area contributed by atoms with Gasteiger partial charge in [-0.1, -0.05) is 24.9 Å². The fourth-order valence-electron chi connectivity index (χ4n) is 2.93. The average Bonchev–Trinajstić information content (AvgIpc) is 3.06. The molecule has 0 aromatic carbocycles. The van der Waals surface area contributed by atoms with Gasteiger partial charge in [0.25, 0.3) is 0 Å². The molecule has 0 spiro atoms. The van der Waals surface area contributed by atoms with Crippen LogP contribution in [0.2, 0.25) is 0 Å². The van der Waals surface area contributed by atoms with Gasteiger partial charge in [0.2, 0.25) is 11.7 Å². The number of nitrogens with two attached hydrogens (primary N) is 1. The lowest BCUT2D eigenvalue weighted by atomic mass is 9.94. The maximum absolute atomic E-state index is 5.74. The molecule has 0 aliphatic carbocycles. The maximum atomic E-state index is 5.74. The fourth-order valence-corrected chi connectivity index (χ4v) is 2.93. The van der Waals surface area contributed by atoms with Gasteiger partial charge < -0.3 is 15.0 Å². The summed E-state index contributed by atoms with van der Waals surface area (Å²) in [5, 5.41) is 4.10. The first-order valence-corrected chi connectivity index (χ1v) is 7.85. The first-order valence-electron chi connectivity index (χ1n) is 7.85. The van der Waals surface area contributed by atoms with Crippen molar-refractivity contribution in [2.45, 2.75) is 64.4 Å². The van der Waals surface area contributed by atoms with Crippen LogP contribution in [0.5, 0.6) is 0 Å². The minimum atomic E-state index is -0.345. The van der Waals surface area contributed by atoms with Crippen molar-refractivity contribution in [2.24, 2.45) is 11.7 Å². The predicted octanol–water partition coefficient (Wildman–Crippen LogP) is 2.79. The number of hydrogen-bond donors (Lipinski definition) is 1. The lowest BCUT2D eigenvalue weighted by molar-refractivity contribution is 0.00768. The number of nitrogens with zero attached hydrogens (tertiary/aromatic N) is 2. The van der Waals surface area contributed by atoms with Gasteiger partial charge in [0.15, 0.2) is 0 Å². The second-order valence-electron chi connectivity index (χ2n) is 5.97. The number of aryl methyl sites for hydroxylation is 1. The Kier molecular flexibility index (Phi) is 5.54. The van der Waals surface area contributed by atoms with Crippen molar-refractivity contribution < 1.29 is 9.26 Å². The largest absolute Gasteiger partial charge is 0.367 e. The maximum Gasteiger partial charge on any atom is 0.226 e. The van der Waals surface area contributed by atoms with E-state index in [0.717, 1.165) is 51.1 Å². The van der Waals surface area contributed by atoms with E-state index >= 15 is 0 Å². The van der Waals surface area contributed by atoms with Crippen molar-refractivity contribution in [1.29, 1.82) is 0 Å². The van der Waals surface area contributed by atoms with Gasteiger partial charge >= 0.3 is 0 Å². The molecule has 1 fully saturated rings. The zero-order valence-electron chi connectivity index (χ0n) is 12.7. The van der Waals surface area contributed by atoms with E-state index < -0.39 is 0 Å². The van der Waals surface area contributed by atoms with Crippen molar-refractivity contribution in [1.82, 2.24) is 10.1 Å². The Bertz CT molecular complexity index is 394. The SMILES string of the molecule is CCCC(CCN)CCc1nc(C2(C)CCCO2)no1. The molecule has 1 saturated heterocycles. The molecule has 2 atom stereocenters. The van der Waals surface area contributed by atoms with Gasteiger partial charge in [0, 0.05) is 13.0 Å². The van der Waals surface area contributed by atoms with Crippen LogP contribution in [-0.4, -0.2) is 23.3 Å². The van der Waals surface area contributed by atoms with E-state index in [1.54, 1.807) is 0 Å². The van der Waals surface area contributed by atoms with Crippen molar-refractivity contribution in [3.05, 3.63) is 11.7 Å². The molecule has 5 nitrogen and oxygen atoms in total. The second-order valence-corrected chi connectivity index (χ2v) is 5.97. The molecule has 0 amide bonds. The van der Waals surface area contributed by atoms with Crippen LogP contribution in [0.25, 0.3) is 0 Å². The third kappa shape index (κ3) is 3.79. The van der Waals surface area contributed by atoms with E-state index in [1.807, 2.05) is 6.92 Å². The highest BCUT2D eigenvalue weighted by Gasteiger charge is 2.36. The Morgan fingerprint density at radius 2 is 2.20 bits per heavy atom. The van der Waals surface area contributed by atoms with Gasteiger partial charge in [-0.3, -0.25) is 0 Å². The van der Waals surface area contributed by atoms with E-state index in [1.165, 1.54) is 12.8 Å². The number of hydrogen-bond acceptors (Lipinski definition) is 5. The number of ether oxygens (including phenoxy) is 1. The molecular formula is C15H27N3O2. The molecule has 20 heavy (non-hydrogen) atoms. The molecule has 2 N–H and O–H groups in total. The van der Waals surface area contributed by atoms with Crippen LogP contribution in [0.3, 0.4) is 0 Å². The zero-order valence-corrected chi connectivity index (χ0v) is 12.7. The van der Waals surface area contributed by atoms with E-state index in [-0.39, 0.29) is 5.60 Å². The summed E-state index contributed by atoms with van der Waals surface area (Å²) < 4.78 is 11.1. The van der Waals surface area contributed by atoms with Crippen molar-refractivity contribution in [3.8, 4) is 0 Å². The van der Waals surface area contributed by atoms with Crippen molar-refractivity contribution >= 4 is 0 Å². The quantitative estimate of drug-likeness (QED) is 0.793. The predicted molar refractivity (Wildman–Crippen MR) is 77.2 cm³/mol. The van der Waals surface area contributed by atoms with Gasteiger partial charge in [-0.15, -0.1) is 0 Å². The normalized spacial score (nSPS) is 24.1. The molecule has 1 aliphatic heterocycles. The Hall–Kier alpha value is -0.940. The smallest absolute Gasteiger partial charge is 0.226 e. The van der Waals surface area contributed by atoms with Crippen LogP contribution in [0, 0.1) is 5.92 Å². The number of aromatic nitrogens is 2. The van der Waals surface area contributed by atoms with Crippen LogP contribution in [0.4, 0.5) is 0 Å². The first-order chi connectivity index (χ1) is 9.68. The molecule has 2 unspecified atom stereocenters. The third-order valence-electron chi connectivity index (χ3n) is 4.20. The van der Waals surface area contributed by atoms with Gasteiger partial charge in [-0.25, -0.2) is 0 Å². The summed E-state index contributed by atoms with van der Waals surface area (Å²) >= 11 is 0. The molecule has 5 heteroatoms. The molecular weight excluding hydrogens is 254 g/mol. The Balaban J connectivity index is 1.89. The van der Waals surface area contributed by atoms with Gasteiger partial charge in [0.05, 0.1) is 0 Å². The lowest BCUT2D eigenvalue weighted by Gasteiger charge is -2.17. The van der Waals surface area contributed by atoms with Crippen LogP contribution in [0.1, 0.15) is 64.1 Å². The standard InChI is InChI=1S/C15H27N3O2/c1-3-5-12(8-10-16)6-7-13-17-14(18-20-13)15(2)9-4-11-19-15/h12H,3-11,16H2,1-2H3. The Morgan fingerprint density at radius 3 is 2.85 bits per heavy atom. The Labute approximate surface area is 121 Å². The first kappa shape index (κ1) is 15.4. The highest BCUT2D eigenvalue weighted by atomic mass is 16.5. The van der Waals surface area contributed by atoms with Crippen molar-refractivity contribution in [2.75, 3.05) is 13.2 Å². The van der Waals surface area contributed by atoms with E-state index in [4.69, 9.17) is 15.0 Å². The summed E-state index contributed by atoms with van der Waals surface area (Å²) in [5.74, 6) is 2.10. The monoisotopic (exact) mass is 281 g/mol. The lowest BCUT2D eigenvalue weighted by Crippen LogP contribution is -2.21. The van der Waals surface area contributed by atoms with Crippen LogP contribution in [-0.2, 0) is 16.8 Å². The van der Waals surface area contributed by atoms with Crippen LogP contribution in [0.15, 0.2) is 4.52 Å². The van der Waals surface area contributed by atoms with E-state index in [0.29, 0.717) is 11.7 Å². The molecule has 1 aromatic rings.